The second-order valence-corrected chi connectivity index (χ2v) is 5.80. The third kappa shape index (κ3) is 4.29. The number of hydrogen-bond acceptors (Lipinski definition) is 8. The first-order valence-corrected chi connectivity index (χ1v) is 8.27. The maximum Gasteiger partial charge on any atom is 0.311 e. The number of anilines is 1. The minimum atomic E-state index is -0.538. The van der Waals surface area contributed by atoms with Gasteiger partial charge < -0.3 is 19.5 Å². The van der Waals surface area contributed by atoms with Gasteiger partial charge in [0.15, 0.2) is 17.2 Å². The van der Waals surface area contributed by atoms with Crippen LogP contribution in [0.15, 0.2) is 41.5 Å². The monoisotopic (exact) mass is 386 g/mol. The number of benzene rings is 2. The molecule has 0 unspecified atom stereocenters. The van der Waals surface area contributed by atoms with E-state index in [1.54, 1.807) is 31.2 Å². The van der Waals surface area contributed by atoms with Crippen LogP contribution < -0.4 is 25.0 Å². The smallest absolute Gasteiger partial charge is 0.311 e. The lowest BCUT2D eigenvalue weighted by Gasteiger charge is -2.07. The molecular formula is C18H18N4O6. The van der Waals surface area contributed by atoms with Gasteiger partial charge in [0.1, 0.15) is 0 Å². The van der Waals surface area contributed by atoms with E-state index in [4.69, 9.17) is 14.2 Å². The van der Waals surface area contributed by atoms with Crippen molar-refractivity contribution in [3.05, 3.63) is 52.1 Å². The number of fused-ring (bicyclic) bond motifs is 1. The van der Waals surface area contributed by atoms with Crippen LogP contribution in [0.4, 0.5) is 11.4 Å². The van der Waals surface area contributed by atoms with E-state index >= 15 is 0 Å². The molecular weight excluding hydrogens is 368 g/mol. The van der Waals surface area contributed by atoms with Gasteiger partial charge in [0.05, 0.1) is 24.3 Å². The number of carbonyl (C=O) groups excluding carboxylic acids is 1. The van der Waals surface area contributed by atoms with Gasteiger partial charge in [0.2, 0.25) is 6.79 Å². The molecule has 2 aromatic carbocycles. The van der Waals surface area contributed by atoms with Crippen molar-refractivity contribution in [2.75, 3.05) is 25.8 Å². The first kappa shape index (κ1) is 19.0. The molecule has 0 saturated heterocycles. The van der Waals surface area contributed by atoms with Crippen LogP contribution in [0.5, 0.6) is 17.2 Å². The summed E-state index contributed by atoms with van der Waals surface area (Å²) in [6, 6.07) is 9.71. The molecule has 0 aliphatic carbocycles. The van der Waals surface area contributed by atoms with E-state index in [1.807, 2.05) is 0 Å². The SMILES string of the molecule is COc1ccc(/C(C)=N\NC(=O)CNc2ccc3c(c2)OCO3)cc1[N+](=O)[O-]. The Morgan fingerprint density at radius 1 is 1.25 bits per heavy atom. The molecule has 0 aromatic heterocycles. The lowest BCUT2D eigenvalue weighted by molar-refractivity contribution is -0.385. The van der Waals surface area contributed by atoms with Crippen LogP contribution in [0.1, 0.15) is 12.5 Å². The number of ether oxygens (including phenoxy) is 3. The number of amides is 1. The van der Waals surface area contributed by atoms with Gasteiger partial charge >= 0.3 is 5.69 Å². The predicted molar refractivity (Wildman–Crippen MR) is 101 cm³/mol. The molecule has 0 saturated carbocycles. The zero-order valence-corrected chi connectivity index (χ0v) is 15.2. The van der Waals surface area contributed by atoms with Crippen LogP contribution in [0.3, 0.4) is 0 Å². The van der Waals surface area contributed by atoms with Crippen molar-refractivity contribution in [1.82, 2.24) is 5.43 Å². The maximum absolute atomic E-state index is 12.0. The Morgan fingerprint density at radius 3 is 2.79 bits per heavy atom. The maximum atomic E-state index is 12.0. The Hall–Kier alpha value is -3.82. The van der Waals surface area contributed by atoms with Gasteiger partial charge in [-0.2, -0.15) is 5.10 Å². The number of hydrazone groups is 1. The average Bonchev–Trinajstić information content (AvgIpc) is 3.17. The van der Waals surface area contributed by atoms with Crippen LogP contribution in [0.25, 0.3) is 0 Å². The van der Waals surface area contributed by atoms with Crippen molar-refractivity contribution in [2.45, 2.75) is 6.92 Å². The molecule has 2 N–H and O–H groups in total. The molecule has 1 aliphatic rings. The summed E-state index contributed by atoms with van der Waals surface area (Å²) in [5.41, 5.74) is 3.85. The molecule has 0 atom stereocenters. The molecule has 1 heterocycles. The summed E-state index contributed by atoms with van der Waals surface area (Å²) in [5, 5.41) is 18.0. The van der Waals surface area contributed by atoms with Gasteiger partial charge in [-0.15, -0.1) is 0 Å². The standard InChI is InChI=1S/C18H18N4O6/c1-11(12-3-5-15(26-2)14(7-12)22(24)25)20-21-18(23)9-19-13-4-6-16-17(8-13)28-10-27-16/h3-8,19H,9-10H2,1-2H3,(H,21,23)/b20-11-. The predicted octanol–water partition coefficient (Wildman–Crippen LogP) is 2.28. The molecule has 1 aliphatic heterocycles. The summed E-state index contributed by atoms with van der Waals surface area (Å²) in [6.07, 6.45) is 0. The highest BCUT2D eigenvalue weighted by Crippen LogP contribution is 2.34. The highest BCUT2D eigenvalue weighted by molar-refractivity contribution is 6.00. The number of hydrogen-bond donors (Lipinski definition) is 2. The van der Waals surface area contributed by atoms with E-state index in [9.17, 15) is 14.9 Å². The summed E-state index contributed by atoms with van der Waals surface area (Å²) in [6.45, 7) is 1.80. The fraction of sp³-hybridized carbons (Fsp3) is 0.222. The zero-order valence-electron chi connectivity index (χ0n) is 15.2. The molecule has 146 valence electrons. The van der Waals surface area contributed by atoms with Gasteiger partial charge in [-0.3, -0.25) is 14.9 Å². The van der Waals surface area contributed by atoms with Crippen LogP contribution in [0, 0.1) is 10.1 Å². The Kier molecular flexibility index (Phi) is 5.58. The minimum Gasteiger partial charge on any atom is -0.490 e. The molecule has 0 fully saturated rings. The molecule has 0 bridgehead atoms. The highest BCUT2D eigenvalue weighted by Gasteiger charge is 2.16. The van der Waals surface area contributed by atoms with Gasteiger partial charge in [-0.25, -0.2) is 5.43 Å². The van der Waals surface area contributed by atoms with Crippen LogP contribution in [0.2, 0.25) is 0 Å². The van der Waals surface area contributed by atoms with E-state index in [0.29, 0.717) is 28.5 Å². The van der Waals surface area contributed by atoms with Gasteiger partial charge in [-0.1, -0.05) is 0 Å². The topological polar surface area (TPSA) is 124 Å². The largest absolute Gasteiger partial charge is 0.490 e. The summed E-state index contributed by atoms with van der Waals surface area (Å²) in [4.78, 5) is 22.6. The molecule has 0 radical (unpaired) electrons. The molecule has 3 rings (SSSR count). The van der Waals surface area contributed by atoms with Crippen molar-refractivity contribution in [1.29, 1.82) is 0 Å². The number of methoxy groups -OCH3 is 1. The van der Waals surface area contributed by atoms with Crippen molar-refractivity contribution in [3.63, 3.8) is 0 Å². The fourth-order valence-electron chi connectivity index (χ4n) is 2.50. The summed E-state index contributed by atoms with van der Waals surface area (Å²) < 4.78 is 15.5. The second kappa shape index (κ2) is 8.25. The first-order valence-electron chi connectivity index (χ1n) is 8.27. The molecule has 10 nitrogen and oxygen atoms in total. The number of nitro benzene ring substituents is 1. The Labute approximate surface area is 160 Å². The van der Waals surface area contributed by atoms with E-state index < -0.39 is 4.92 Å². The summed E-state index contributed by atoms with van der Waals surface area (Å²) in [7, 11) is 1.36. The Morgan fingerprint density at radius 2 is 2.04 bits per heavy atom. The third-order valence-corrected chi connectivity index (χ3v) is 3.97. The summed E-state index contributed by atoms with van der Waals surface area (Å²) >= 11 is 0. The quantitative estimate of drug-likeness (QED) is 0.425. The summed E-state index contributed by atoms with van der Waals surface area (Å²) in [5.74, 6) is 1.04. The lowest BCUT2D eigenvalue weighted by Crippen LogP contribution is -2.26. The minimum absolute atomic E-state index is 0.0147. The van der Waals surface area contributed by atoms with Crippen LogP contribution in [-0.2, 0) is 4.79 Å². The van der Waals surface area contributed by atoms with E-state index in [0.717, 1.165) is 0 Å². The zero-order chi connectivity index (χ0) is 20.1. The Balaban J connectivity index is 1.59. The number of nitrogens with zero attached hydrogens (tertiary/aromatic N) is 2. The normalized spacial score (nSPS) is 12.4. The molecule has 0 spiro atoms. The molecule has 10 heteroatoms. The third-order valence-electron chi connectivity index (χ3n) is 3.97. The van der Waals surface area contributed by atoms with E-state index in [2.05, 4.69) is 15.8 Å². The van der Waals surface area contributed by atoms with E-state index in [-0.39, 0.29) is 30.7 Å². The Bertz CT molecular complexity index is 944. The van der Waals surface area contributed by atoms with Gasteiger partial charge in [0.25, 0.3) is 5.91 Å². The molecule has 2 aromatic rings. The lowest BCUT2D eigenvalue weighted by atomic mass is 10.1. The average molecular weight is 386 g/mol. The van der Waals surface area contributed by atoms with Crippen molar-refractivity contribution in [3.8, 4) is 17.2 Å². The number of carbonyl (C=O) groups is 1. The molecule has 28 heavy (non-hydrogen) atoms. The number of nitrogens with one attached hydrogen (secondary N) is 2. The van der Waals surface area contributed by atoms with E-state index in [1.165, 1.54) is 19.2 Å². The van der Waals surface area contributed by atoms with Crippen molar-refractivity contribution < 1.29 is 23.9 Å². The highest BCUT2D eigenvalue weighted by atomic mass is 16.7. The first-order chi connectivity index (χ1) is 13.5. The number of rotatable bonds is 7. The van der Waals surface area contributed by atoms with Crippen LogP contribution in [-0.4, -0.2) is 37.0 Å². The second-order valence-electron chi connectivity index (χ2n) is 5.80. The van der Waals surface area contributed by atoms with Crippen molar-refractivity contribution in [2.24, 2.45) is 5.10 Å². The fourth-order valence-corrected chi connectivity index (χ4v) is 2.50. The van der Waals surface area contributed by atoms with Gasteiger partial charge in [0, 0.05) is 23.4 Å². The molecule has 1 amide bonds. The number of nitro groups is 1. The van der Waals surface area contributed by atoms with Crippen LogP contribution >= 0.6 is 0 Å². The van der Waals surface area contributed by atoms with Crippen molar-refractivity contribution >= 4 is 23.0 Å². The van der Waals surface area contributed by atoms with Gasteiger partial charge in [-0.05, 0) is 31.2 Å².